The molecule has 0 bridgehead atoms. The van der Waals surface area contributed by atoms with Gasteiger partial charge in [0.2, 0.25) is 0 Å². The number of aromatic amines is 1. The molecule has 0 aliphatic carbocycles. The number of fused-ring (bicyclic) bond motifs is 2. The van der Waals surface area contributed by atoms with Gasteiger partial charge in [-0.25, -0.2) is 9.35 Å². The third kappa shape index (κ3) is 4.13. The molecule has 4 heterocycles. The number of nitrogens with zero attached hydrogens (tertiary/aromatic N) is 3. The lowest BCUT2D eigenvalue weighted by atomic mass is 10.1. The number of pyridine rings is 1. The molecule has 9 nitrogen and oxygen atoms in total. The van der Waals surface area contributed by atoms with E-state index in [-0.39, 0.29) is 24.9 Å². The summed E-state index contributed by atoms with van der Waals surface area (Å²) in [6, 6.07) is 9.53. The second-order valence-electron chi connectivity index (χ2n) is 7.96. The van der Waals surface area contributed by atoms with Crippen molar-refractivity contribution < 1.29 is 19.3 Å². The van der Waals surface area contributed by atoms with E-state index in [0.717, 1.165) is 11.3 Å². The highest BCUT2D eigenvalue weighted by Gasteiger charge is 2.48. The summed E-state index contributed by atoms with van der Waals surface area (Å²) >= 11 is 6.48. The molecule has 0 amide bonds. The minimum Gasteiger partial charge on any atom is -0.456 e. The van der Waals surface area contributed by atoms with Crippen LogP contribution in [0.5, 0.6) is 6.01 Å². The van der Waals surface area contributed by atoms with Crippen LogP contribution in [0, 0.1) is 4.78 Å². The van der Waals surface area contributed by atoms with Gasteiger partial charge in [0.15, 0.2) is 11.8 Å². The van der Waals surface area contributed by atoms with Crippen molar-refractivity contribution in [1.82, 2.24) is 15.0 Å². The summed E-state index contributed by atoms with van der Waals surface area (Å²) in [7, 11) is -1.73. The highest BCUT2D eigenvalue weighted by Crippen LogP contribution is 2.32. The minimum absolute atomic E-state index is 0.239. The van der Waals surface area contributed by atoms with E-state index in [1.54, 1.807) is 6.07 Å². The molecule has 5 rings (SSSR count). The first-order chi connectivity index (χ1) is 14.8. The van der Waals surface area contributed by atoms with Crippen LogP contribution in [0.4, 0.5) is 5.69 Å². The van der Waals surface area contributed by atoms with Crippen LogP contribution in [-0.2, 0) is 19.1 Å². The Morgan fingerprint density at radius 2 is 1.94 bits per heavy atom. The van der Waals surface area contributed by atoms with Crippen LogP contribution >= 0.6 is 11.6 Å². The lowest BCUT2D eigenvalue weighted by Crippen LogP contribution is -2.34. The number of halogens is 1. The molecule has 0 spiro atoms. The van der Waals surface area contributed by atoms with Crippen molar-refractivity contribution in [2.75, 3.05) is 25.7 Å². The molecule has 2 aromatic heterocycles. The highest BCUT2D eigenvalue weighted by atomic mass is 35.5. The second-order valence-corrected chi connectivity index (χ2v) is 11.1. The average molecular weight is 464 g/mol. The van der Waals surface area contributed by atoms with Gasteiger partial charge in [0.1, 0.15) is 18.3 Å². The molecule has 2 aliphatic rings. The Kier molecular flexibility index (Phi) is 5.14. The van der Waals surface area contributed by atoms with Gasteiger partial charge in [-0.15, -0.1) is 0 Å². The largest absolute Gasteiger partial charge is 0.456 e. The lowest BCUT2D eigenvalue weighted by Gasteiger charge is -2.15. The van der Waals surface area contributed by atoms with Crippen LogP contribution < -0.4 is 4.74 Å². The first kappa shape index (κ1) is 20.7. The predicted octanol–water partition coefficient (Wildman–Crippen LogP) is 3.18. The number of hydrogen-bond acceptors (Lipinski definition) is 8. The monoisotopic (exact) mass is 463 g/mol. The Hall–Kier alpha value is -2.24. The third-order valence-electron chi connectivity index (χ3n) is 5.12. The van der Waals surface area contributed by atoms with Crippen molar-refractivity contribution in [3.8, 4) is 17.3 Å². The average Bonchev–Trinajstić information content (AvgIpc) is 3.38. The first-order valence-electron chi connectivity index (χ1n) is 9.72. The zero-order valence-corrected chi connectivity index (χ0v) is 18.5. The maximum Gasteiger partial charge on any atom is 0.296 e. The van der Waals surface area contributed by atoms with Crippen molar-refractivity contribution in [3.05, 3.63) is 35.4 Å². The lowest BCUT2D eigenvalue weighted by molar-refractivity contribution is 0.00706. The number of imidazole rings is 1. The molecule has 0 saturated carbocycles. The molecule has 11 heteroatoms. The standard InChI is InChI=1S/C20H22ClN5O4S/c1-31(2,22)26-11-5-3-10(4-6-11)16-12(21)7-13-19(24-16)25-20(23-13)30-15-9-29-17-14(27)8-28-18(15)17/h3-7,14-15,17-18,22,27H,8-9H2,1-2H3,(H,23,24,25)/t14-,15?,17-,18-/m1/s1. The van der Waals surface area contributed by atoms with Gasteiger partial charge in [0.05, 0.1) is 35.1 Å². The summed E-state index contributed by atoms with van der Waals surface area (Å²) < 4.78 is 29.5. The summed E-state index contributed by atoms with van der Waals surface area (Å²) in [5.74, 6) is 0. The zero-order chi connectivity index (χ0) is 21.8. The number of aromatic nitrogens is 3. The van der Waals surface area contributed by atoms with E-state index in [9.17, 15) is 5.11 Å². The summed E-state index contributed by atoms with van der Waals surface area (Å²) in [5.41, 5.74) is 3.31. The Balaban J connectivity index is 1.40. The normalized spacial score (nSPS) is 25.7. The van der Waals surface area contributed by atoms with Crippen LogP contribution in [0.15, 0.2) is 34.7 Å². The minimum atomic E-state index is -1.73. The predicted molar refractivity (Wildman–Crippen MR) is 118 cm³/mol. The van der Waals surface area contributed by atoms with Gasteiger partial charge in [0, 0.05) is 18.1 Å². The van der Waals surface area contributed by atoms with Gasteiger partial charge >= 0.3 is 0 Å². The molecular weight excluding hydrogens is 442 g/mol. The number of ether oxygens (including phenoxy) is 3. The van der Waals surface area contributed by atoms with Crippen LogP contribution in [0.25, 0.3) is 22.4 Å². The molecule has 3 aromatic rings. The van der Waals surface area contributed by atoms with E-state index >= 15 is 0 Å². The fraction of sp³-hybridized carbons (Fsp3) is 0.400. The fourth-order valence-electron chi connectivity index (χ4n) is 3.79. The highest BCUT2D eigenvalue weighted by molar-refractivity contribution is 7.93. The molecule has 1 unspecified atom stereocenters. The van der Waals surface area contributed by atoms with E-state index < -0.39 is 15.7 Å². The summed E-state index contributed by atoms with van der Waals surface area (Å²) in [6.07, 6.45) is 1.93. The number of H-pyrrole nitrogens is 1. The third-order valence-corrected chi connectivity index (χ3v) is 6.08. The van der Waals surface area contributed by atoms with Crippen molar-refractivity contribution in [1.29, 1.82) is 4.78 Å². The van der Waals surface area contributed by atoms with Crippen LogP contribution in [0.3, 0.4) is 0 Å². The Morgan fingerprint density at radius 3 is 2.68 bits per heavy atom. The van der Waals surface area contributed by atoms with E-state index in [4.69, 9.17) is 30.6 Å². The number of hydrogen-bond donors (Lipinski definition) is 3. The van der Waals surface area contributed by atoms with Gasteiger partial charge in [-0.3, -0.25) is 4.78 Å². The number of rotatable bonds is 4. The summed E-state index contributed by atoms with van der Waals surface area (Å²) in [6.45, 7) is 0.555. The Bertz CT molecular complexity index is 1250. The van der Waals surface area contributed by atoms with E-state index in [1.165, 1.54) is 0 Å². The molecule has 0 radical (unpaired) electrons. The van der Waals surface area contributed by atoms with E-state index in [1.807, 2.05) is 36.8 Å². The molecule has 2 fully saturated rings. The second kappa shape index (κ2) is 7.72. The van der Waals surface area contributed by atoms with Crippen LogP contribution in [-0.4, -0.2) is 70.2 Å². The fourth-order valence-corrected chi connectivity index (χ4v) is 4.70. The number of aliphatic hydroxyl groups is 1. The first-order valence-corrected chi connectivity index (χ1v) is 12.5. The molecular formula is C20H22ClN5O4S. The molecule has 31 heavy (non-hydrogen) atoms. The topological polar surface area (TPSA) is 126 Å². The Labute approximate surface area is 184 Å². The molecule has 3 N–H and O–H groups in total. The van der Waals surface area contributed by atoms with Gasteiger partial charge < -0.3 is 24.3 Å². The SMILES string of the molecule is CS(C)(=N)=Nc1ccc(-c2nc3nc(OC4CO[C@@H]5[C@H](O)CO[C@H]45)[nH]c3cc2Cl)cc1. The smallest absolute Gasteiger partial charge is 0.296 e. The van der Waals surface area contributed by atoms with Crippen LogP contribution in [0.1, 0.15) is 0 Å². The molecule has 1 aromatic carbocycles. The molecule has 2 aliphatic heterocycles. The number of benzene rings is 1. The van der Waals surface area contributed by atoms with E-state index in [2.05, 4.69) is 19.3 Å². The van der Waals surface area contributed by atoms with Crippen molar-refractivity contribution >= 4 is 38.1 Å². The number of aliphatic hydroxyl groups excluding tert-OH is 1. The maximum atomic E-state index is 9.87. The van der Waals surface area contributed by atoms with Gasteiger partial charge in [-0.05, 0) is 18.2 Å². The summed E-state index contributed by atoms with van der Waals surface area (Å²) in [4.78, 5) is 12.1. The van der Waals surface area contributed by atoms with E-state index in [0.29, 0.717) is 34.5 Å². The van der Waals surface area contributed by atoms with Crippen LogP contribution in [0.2, 0.25) is 5.02 Å². The molecule has 4 atom stereocenters. The number of nitrogens with one attached hydrogen (secondary N) is 2. The zero-order valence-electron chi connectivity index (χ0n) is 16.9. The maximum absolute atomic E-state index is 9.87. The van der Waals surface area contributed by atoms with Gasteiger partial charge in [0.25, 0.3) is 6.01 Å². The van der Waals surface area contributed by atoms with Crippen molar-refractivity contribution in [3.63, 3.8) is 0 Å². The molecule has 164 valence electrons. The van der Waals surface area contributed by atoms with Gasteiger partial charge in [-0.2, -0.15) is 4.98 Å². The van der Waals surface area contributed by atoms with Crippen molar-refractivity contribution in [2.45, 2.75) is 24.4 Å². The Morgan fingerprint density at radius 1 is 1.19 bits per heavy atom. The quantitative estimate of drug-likeness (QED) is 0.545. The summed E-state index contributed by atoms with van der Waals surface area (Å²) in [5, 5.41) is 10.3. The van der Waals surface area contributed by atoms with Gasteiger partial charge in [-0.1, -0.05) is 33.4 Å². The molecule has 2 saturated heterocycles. The van der Waals surface area contributed by atoms with Crippen molar-refractivity contribution in [2.24, 2.45) is 4.36 Å².